The van der Waals surface area contributed by atoms with Crippen LogP contribution in [0.25, 0.3) is 0 Å². The molecule has 2 N–H and O–H groups in total. The van der Waals surface area contributed by atoms with Gasteiger partial charge in [0.05, 0.1) is 4.90 Å². The molecular formula is C18H20N2O4S. The molecule has 0 aliphatic heterocycles. The molecule has 0 radical (unpaired) electrons. The fourth-order valence-corrected chi connectivity index (χ4v) is 3.35. The molecule has 0 unspecified atom stereocenters. The fourth-order valence-electron chi connectivity index (χ4n) is 2.36. The summed E-state index contributed by atoms with van der Waals surface area (Å²) in [5.41, 5.74) is 1.57. The zero-order valence-corrected chi connectivity index (χ0v) is 14.8. The number of hydrogen-bond donors (Lipinski definition) is 2. The Bertz CT molecular complexity index is 846. The van der Waals surface area contributed by atoms with Crippen molar-refractivity contribution in [1.29, 1.82) is 0 Å². The first kappa shape index (κ1) is 18.7. The van der Waals surface area contributed by atoms with Crippen molar-refractivity contribution in [2.45, 2.75) is 31.1 Å². The number of amides is 2. The molecule has 25 heavy (non-hydrogen) atoms. The first-order valence-corrected chi connectivity index (χ1v) is 9.24. The van der Waals surface area contributed by atoms with E-state index in [2.05, 4.69) is 5.32 Å². The third-order valence-electron chi connectivity index (χ3n) is 3.59. The molecule has 6 nitrogen and oxygen atoms in total. The number of hydrogen-bond acceptors (Lipinski definition) is 4. The molecule has 0 aliphatic rings. The number of anilines is 1. The van der Waals surface area contributed by atoms with Crippen LogP contribution in [-0.4, -0.2) is 20.2 Å². The molecule has 0 aromatic heterocycles. The van der Waals surface area contributed by atoms with Crippen molar-refractivity contribution >= 4 is 27.5 Å². The highest BCUT2D eigenvalue weighted by molar-refractivity contribution is 7.90. The van der Waals surface area contributed by atoms with Crippen molar-refractivity contribution in [1.82, 2.24) is 4.72 Å². The van der Waals surface area contributed by atoms with E-state index in [0.717, 1.165) is 12.5 Å². The van der Waals surface area contributed by atoms with Crippen molar-refractivity contribution in [3.8, 4) is 0 Å². The minimum atomic E-state index is -3.87. The molecule has 0 bridgehead atoms. The Hall–Kier alpha value is -2.67. The van der Waals surface area contributed by atoms with Crippen molar-refractivity contribution in [2.24, 2.45) is 0 Å². The smallest absolute Gasteiger partial charge is 0.264 e. The summed E-state index contributed by atoms with van der Waals surface area (Å²) in [5.74, 6) is -0.748. The zero-order valence-electron chi connectivity index (χ0n) is 14.0. The minimum Gasteiger partial charge on any atom is -0.326 e. The van der Waals surface area contributed by atoms with Crippen LogP contribution >= 0.6 is 0 Å². The highest BCUT2D eigenvalue weighted by atomic mass is 32.2. The average molecular weight is 360 g/mol. The van der Waals surface area contributed by atoms with Crippen LogP contribution in [0.3, 0.4) is 0 Å². The Labute approximate surface area is 147 Å². The van der Waals surface area contributed by atoms with Crippen LogP contribution in [0.5, 0.6) is 0 Å². The molecule has 1 atom stereocenters. The Morgan fingerprint density at radius 2 is 1.60 bits per heavy atom. The summed E-state index contributed by atoms with van der Waals surface area (Å²) in [7, 11) is -3.87. The molecule has 2 aromatic rings. The van der Waals surface area contributed by atoms with Crippen LogP contribution in [-0.2, 0) is 19.6 Å². The summed E-state index contributed by atoms with van der Waals surface area (Å²) in [6, 6.07) is 15.4. The molecule has 0 saturated carbocycles. The molecular weight excluding hydrogens is 340 g/mol. The maximum Gasteiger partial charge on any atom is 0.264 e. The average Bonchev–Trinajstić information content (AvgIpc) is 2.55. The van der Waals surface area contributed by atoms with Gasteiger partial charge in [0.2, 0.25) is 11.8 Å². The van der Waals surface area contributed by atoms with Crippen LogP contribution in [0.15, 0.2) is 59.5 Å². The lowest BCUT2D eigenvalue weighted by Gasteiger charge is -2.12. The van der Waals surface area contributed by atoms with Gasteiger partial charge in [-0.2, -0.15) is 0 Å². The number of nitrogens with one attached hydrogen (secondary N) is 2. The lowest BCUT2D eigenvalue weighted by atomic mass is 9.97. The highest BCUT2D eigenvalue weighted by Gasteiger charge is 2.16. The van der Waals surface area contributed by atoms with E-state index in [4.69, 9.17) is 0 Å². The predicted octanol–water partition coefficient (Wildman–Crippen LogP) is 2.64. The summed E-state index contributed by atoms with van der Waals surface area (Å²) in [6.07, 6.45) is 0.315. The molecule has 0 saturated heterocycles. The van der Waals surface area contributed by atoms with Crippen LogP contribution in [0.2, 0.25) is 0 Å². The molecule has 2 amide bonds. The largest absolute Gasteiger partial charge is 0.326 e. The van der Waals surface area contributed by atoms with Gasteiger partial charge in [0.25, 0.3) is 10.0 Å². The molecule has 2 aromatic carbocycles. The first-order chi connectivity index (χ1) is 11.8. The third kappa shape index (κ3) is 5.42. The number of benzene rings is 2. The number of rotatable bonds is 6. The molecule has 0 spiro atoms. The Morgan fingerprint density at radius 1 is 1.00 bits per heavy atom. The lowest BCUT2D eigenvalue weighted by Crippen LogP contribution is -2.28. The van der Waals surface area contributed by atoms with Crippen molar-refractivity contribution in [3.63, 3.8) is 0 Å². The minimum absolute atomic E-state index is 0.0432. The summed E-state index contributed by atoms with van der Waals surface area (Å²) < 4.78 is 25.6. The molecule has 0 fully saturated rings. The Morgan fingerprint density at radius 3 is 2.16 bits per heavy atom. The van der Waals surface area contributed by atoms with Gasteiger partial charge in [-0.1, -0.05) is 37.3 Å². The predicted molar refractivity (Wildman–Crippen MR) is 95.5 cm³/mol. The van der Waals surface area contributed by atoms with Gasteiger partial charge in [0, 0.05) is 19.0 Å². The number of carbonyl (C=O) groups is 2. The highest BCUT2D eigenvalue weighted by Crippen LogP contribution is 2.20. The second-order valence-electron chi connectivity index (χ2n) is 5.75. The summed E-state index contributed by atoms with van der Waals surface area (Å²) >= 11 is 0. The molecule has 0 heterocycles. The van der Waals surface area contributed by atoms with Gasteiger partial charge in [-0.25, -0.2) is 13.1 Å². The fraction of sp³-hybridized carbons (Fsp3) is 0.222. The quantitative estimate of drug-likeness (QED) is 0.828. The van der Waals surface area contributed by atoms with E-state index in [0.29, 0.717) is 12.1 Å². The van der Waals surface area contributed by atoms with Crippen molar-refractivity contribution in [2.75, 3.05) is 5.32 Å². The van der Waals surface area contributed by atoms with E-state index in [1.54, 1.807) is 0 Å². The maximum absolute atomic E-state index is 12.1. The van der Waals surface area contributed by atoms with Crippen LogP contribution in [0, 0.1) is 0 Å². The Kier molecular flexibility index (Phi) is 5.93. The van der Waals surface area contributed by atoms with Gasteiger partial charge in [0.15, 0.2) is 0 Å². The standard InChI is InChI=1S/C18H20N2O4S/c1-13(15-6-4-3-5-7-15)12-18(22)19-16-8-10-17(11-9-16)25(23,24)20-14(2)21/h3-11,13H,12H2,1-2H3,(H,19,22)(H,20,21)/t13-/m0/s1. The molecule has 132 valence electrons. The van der Waals surface area contributed by atoms with E-state index in [-0.39, 0.29) is 16.7 Å². The topological polar surface area (TPSA) is 92.3 Å². The number of carbonyl (C=O) groups excluding carboxylic acids is 2. The zero-order chi connectivity index (χ0) is 18.4. The second-order valence-corrected chi connectivity index (χ2v) is 7.43. The molecule has 0 aliphatic carbocycles. The van der Waals surface area contributed by atoms with Gasteiger partial charge in [-0.05, 0) is 35.7 Å². The van der Waals surface area contributed by atoms with Crippen LogP contribution in [0.1, 0.15) is 31.7 Å². The van der Waals surface area contributed by atoms with Crippen LogP contribution in [0.4, 0.5) is 5.69 Å². The van der Waals surface area contributed by atoms with Gasteiger partial charge < -0.3 is 5.32 Å². The van der Waals surface area contributed by atoms with E-state index < -0.39 is 15.9 Å². The van der Waals surface area contributed by atoms with E-state index in [1.807, 2.05) is 42.0 Å². The SMILES string of the molecule is CC(=O)NS(=O)(=O)c1ccc(NC(=O)C[C@H](C)c2ccccc2)cc1. The van der Waals surface area contributed by atoms with Crippen molar-refractivity contribution < 1.29 is 18.0 Å². The summed E-state index contributed by atoms with van der Waals surface area (Å²) in [6.45, 7) is 3.10. The molecule has 7 heteroatoms. The molecule has 2 rings (SSSR count). The van der Waals surface area contributed by atoms with E-state index in [9.17, 15) is 18.0 Å². The van der Waals surface area contributed by atoms with Gasteiger partial charge >= 0.3 is 0 Å². The van der Waals surface area contributed by atoms with Gasteiger partial charge in [0.1, 0.15) is 0 Å². The summed E-state index contributed by atoms with van der Waals surface area (Å²) in [4.78, 5) is 23.0. The maximum atomic E-state index is 12.1. The Balaban J connectivity index is 1.99. The first-order valence-electron chi connectivity index (χ1n) is 7.76. The van der Waals surface area contributed by atoms with Gasteiger partial charge in [-0.15, -0.1) is 0 Å². The second kappa shape index (κ2) is 7.94. The monoisotopic (exact) mass is 360 g/mol. The van der Waals surface area contributed by atoms with E-state index in [1.165, 1.54) is 24.3 Å². The third-order valence-corrected chi connectivity index (χ3v) is 5.04. The summed E-state index contributed by atoms with van der Waals surface area (Å²) in [5, 5.41) is 2.74. The lowest BCUT2D eigenvalue weighted by molar-refractivity contribution is -0.117. The van der Waals surface area contributed by atoms with Crippen molar-refractivity contribution in [3.05, 3.63) is 60.2 Å². The van der Waals surface area contributed by atoms with Gasteiger partial charge in [-0.3, -0.25) is 9.59 Å². The van der Waals surface area contributed by atoms with E-state index >= 15 is 0 Å². The normalized spacial score (nSPS) is 12.2. The van der Waals surface area contributed by atoms with Crippen LogP contribution < -0.4 is 10.0 Å². The number of sulfonamides is 1.